The molecule has 0 bridgehead atoms. The zero-order valence-corrected chi connectivity index (χ0v) is 18.8. The number of hydrogen-bond acceptors (Lipinski definition) is 7. The standard InChI is InChI=1S/C25H23N3O6/c1-16-8-4-6-10-19(16)25(31)34-21-11-7-5-9-17(21)15-26-28-24(30)23(29)27-20-13-12-18(32-2)14-22(20)33-3/h4-15H,1-3H3,(H,27,29)(H,28,30)/b26-15+. The zero-order valence-electron chi connectivity index (χ0n) is 18.8. The number of carbonyl (C=O) groups is 3. The second-order valence-corrected chi connectivity index (χ2v) is 6.96. The summed E-state index contributed by atoms with van der Waals surface area (Å²) in [6.07, 6.45) is 1.28. The third kappa shape index (κ3) is 5.98. The average molecular weight is 461 g/mol. The molecule has 3 aromatic carbocycles. The SMILES string of the molecule is COc1ccc(NC(=O)C(=O)N/N=C/c2ccccc2OC(=O)c2ccccc2C)c(OC)c1. The lowest BCUT2D eigenvalue weighted by atomic mass is 10.1. The fraction of sp³-hybridized carbons (Fsp3) is 0.120. The summed E-state index contributed by atoms with van der Waals surface area (Å²) in [4.78, 5) is 36.9. The predicted octanol–water partition coefficient (Wildman–Crippen LogP) is 3.32. The second-order valence-electron chi connectivity index (χ2n) is 6.96. The molecular formula is C25H23N3O6. The number of amides is 2. The Hall–Kier alpha value is -4.66. The van der Waals surface area contributed by atoms with Crippen LogP contribution in [0.2, 0.25) is 0 Å². The maximum Gasteiger partial charge on any atom is 0.343 e. The Morgan fingerprint density at radius 2 is 1.59 bits per heavy atom. The summed E-state index contributed by atoms with van der Waals surface area (Å²) < 4.78 is 15.8. The topological polar surface area (TPSA) is 115 Å². The minimum absolute atomic E-state index is 0.251. The van der Waals surface area contributed by atoms with Crippen molar-refractivity contribution in [1.29, 1.82) is 0 Å². The molecule has 0 spiro atoms. The largest absolute Gasteiger partial charge is 0.497 e. The molecule has 2 amide bonds. The minimum atomic E-state index is -0.997. The molecule has 9 heteroatoms. The first kappa shape index (κ1) is 24.0. The Bertz CT molecular complexity index is 1240. The lowest BCUT2D eigenvalue weighted by Gasteiger charge is -2.11. The third-order valence-corrected chi connectivity index (χ3v) is 4.72. The third-order valence-electron chi connectivity index (χ3n) is 4.72. The number of hydrogen-bond donors (Lipinski definition) is 2. The summed E-state index contributed by atoms with van der Waals surface area (Å²) in [6, 6.07) is 18.5. The number of anilines is 1. The minimum Gasteiger partial charge on any atom is -0.497 e. The molecule has 0 radical (unpaired) electrons. The number of rotatable bonds is 7. The summed E-state index contributed by atoms with van der Waals surface area (Å²) in [6.45, 7) is 1.81. The summed E-state index contributed by atoms with van der Waals surface area (Å²) in [5.41, 5.74) is 4.09. The van der Waals surface area contributed by atoms with Crippen molar-refractivity contribution in [1.82, 2.24) is 5.43 Å². The molecule has 3 aromatic rings. The van der Waals surface area contributed by atoms with Gasteiger partial charge in [0.1, 0.15) is 17.2 Å². The van der Waals surface area contributed by atoms with Crippen molar-refractivity contribution >= 4 is 29.7 Å². The van der Waals surface area contributed by atoms with E-state index in [0.717, 1.165) is 5.56 Å². The Morgan fingerprint density at radius 1 is 0.853 bits per heavy atom. The molecule has 0 saturated heterocycles. The molecule has 0 unspecified atom stereocenters. The van der Waals surface area contributed by atoms with Crippen LogP contribution in [0.25, 0.3) is 0 Å². The number of nitrogens with zero attached hydrogens (tertiary/aromatic N) is 1. The van der Waals surface area contributed by atoms with E-state index in [2.05, 4.69) is 15.8 Å². The fourth-order valence-electron chi connectivity index (χ4n) is 2.93. The monoisotopic (exact) mass is 461 g/mol. The van der Waals surface area contributed by atoms with E-state index in [1.165, 1.54) is 20.4 Å². The van der Waals surface area contributed by atoms with E-state index < -0.39 is 17.8 Å². The van der Waals surface area contributed by atoms with Crippen molar-refractivity contribution in [3.05, 3.63) is 83.4 Å². The molecule has 3 rings (SSSR count). The Kier molecular flexibility index (Phi) is 7.96. The average Bonchev–Trinajstić information content (AvgIpc) is 2.85. The van der Waals surface area contributed by atoms with Crippen LogP contribution >= 0.6 is 0 Å². The highest BCUT2D eigenvalue weighted by atomic mass is 16.5. The van der Waals surface area contributed by atoms with Gasteiger partial charge in [0, 0.05) is 11.6 Å². The van der Waals surface area contributed by atoms with Gasteiger partial charge in [0.2, 0.25) is 0 Å². The molecule has 0 heterocycles. The van der Waals surface area contributed by atoms with Crippen LogP contribution in [0.5, 0.6) is 17.2 Å². The van der Waals surface area contributed by atoms with Crippen LogP contribution in [-0.2, 0) is 9.59 Å². The van der Waals surface area contributed by atoms with Gasteiger partial charge in [-0.3, -0.25) is 9.59 Å². The molecule has 0 aliphatic rings. The summed E-state index contributed by atoms with van der Waals surface area (Å²) >= 11 is 0. The summed E-state index contributed by atoms with van der Waals surface area (Å²) in [5, 5.41) is 6.25. The van der Waals surface area contributed by atoms with E-state index in [4.69, 9.17) is 14.2 Å². The maximum atomic E-state index is 12.5. The van der Waals surface area contributed by atoms with Gasteiger partial charge >= 0.3 is 17.8 Å². The van der Waals surface area contributed by atoms with Crippen LogP contribution in [0.3, 0.4) is 0 Å². The highest BCUT2D eigenvalue weighted by molar-refractivity contribution is 6.39. The number of hydrazone groups is 1. The molecule has 0 saturated carbocycles. The molecule has 9 nitrogen and oxygen atoms in total. The van der Waals surface area contributed by atoms with Gasteiger partial charge in [0.05, 0.1) is 31.7 Å². The summed E-state index contributed by atoms with van der Waals surface area (Å²) in [5.74, 6) is -1.35. The number of para-hydroxylation sites is 1. The van der Waals surface area contributed by atoms with Crippen molar-refractivity contribution in [3.63, 3.8) is 0 Å². The zero-order chi connectivity index (χ0) is 24.5. The van der Waals surface area contributed by atoms with Crippen LogP contribution in [0.4, 0.5) is 5.69 Å². The second kappa shape index (κ2) is 11.3. The van der Waals surface area contributed by atoms with Gasteiger partial charge in [-0.05, 0) is 42.8 Å². The lowest BCUT2D eigenvalue weighted by molar-refractivity contribution is -0.136. The molecule has 0 fully saturated rings. The summed E-state index contributed by atoms with van der Waals surface area (Å²) in [7, 11) is 2.93. The smallest absolute Gasteiger partial charge is 0.343 e. The van der Waals surface area contributed by atoms with Crippen LogP contribution in [0.1, 0.15) is 21.5 Å². The van der Waals surface area contributed by atoms with Crippen molar-refractivity contribution < 1.29 is 28.6 Å². The van der Waals surface area contributed by atoms with Crippen LogP contribution < -0.4 is 25.0 Å². The fourth-order valence-corrected chi connectivity index (χ4v) is 2.93. The molecule has 0 aliphatic heterocycles. The molecule has 174 valence electrons. The number of methoxy groups -OCH3 is 2. The van der Waals surface area contributed by atoms with Gasteiger partial charge in [0.25, 0.3) is 0 Å². The maximum absolute atomic E-state index is 12.5. The molecular weight excluding hydrogens is 438 g/mol. The number of ether oxygens (including phenoxy) is 3. The van der Waals surface area contributed by atoms with Gasteiger partial charge in [-0.15, -0.1) is 0 Å². The number of esters is 1. The first-order valence-electron chi connectivity index (χ1n) is 10.2. The number of benzene rings is 3. The Balaban J connectivity index is 1.64. The molecule has 34 heavy (non-hydrogen) atoms. The first-order chi connectivity index (χ1) is 16.4. The van der Waals surface area contributed by atoms with E-state index in [9.17, 15) is 14.4 Å². The predicted molar refractivity (Wildman–Crippen MR) is 126 cm³/mol. The lowest BCUT2D eigenvalue weighted by Crippen LogP contribution is -2.32. The Morgan fingerprint density at radius 3 is 2.32 bits per heavy atom. The Labute approximate surface area is 196 Å². The number of nitrogens with one attached hydrogen (secondary N) is 2. The highest BCUT2D eigenvalue weighted by Gasteiger charge is 2.16. The van der Waals surface area contributed by atoms with E-state index in [-0.39, 0.29) is 5.75 Å². The van der Waals surface area contributed by atoms with E-state index in [1.807, 2.05) is 19.1 Å². The number of carbonyl (C=O) groups excluding carboxylic acids is 3. The quantitative estimate of drug-likeness (QED) is 0.183. The van der Waals surface area contributed by atoms with Gasteiger partial charge in [-0.25, -0.2) is 10.2 Å². The van der Waals surface area contributed by atoms with Gasteiger partial charge in [-0.1, -0.05) is 30.3 Å². The van der Waals surface area contributed by atoms with E-state index >= 15 is 0 Å². The normalized spacial score (nSPS) is 10.4. The van der Waals surface area contributed by atoms with Crippen LogP contribution in [0.15, 0.2) is 71.8 Å². The molecule has 2 N–H and O–H groups in total. The van der Waals surface area contributed by atoms with Crippen molar-refractivity contribution in [2.75, 3.05) is 19.5 Å². The van der Waals surface area contributed by atoms with E-state index in [1.54, 1.807) is 54.6 Å². The van der Waals surface area contributed by atoms with Gasteiger partial charge < -0.3 is 19.5 Å². The van der Waals surface area contributed by atoms with Gasteiger partial charge in [-0.2, -0.15) is 5.10 Å². The van der Waals surface area contributed by atoms with Crippen molar-refractivity contribution in [2.45, 2.75) is 6.92 Å². The van der Waals surface area contributed by atoms with E-state index in [0.29, 0.717) is 28.3 Å². The van der Waals surface area contributed by atoms with Crippen molar-refractivity contribution in [3.8, 4) is 17.2 Å². The van der Waals surface area contributed by atoms with Crippen molar-refractivity contribution in [2.24, 2.45) is 5.10 Å². The first-order valence-corrected chi connectivity index (χ1v) is 10.2. The number of aryl methyl sites for hydroxylation is 1. The van der Waals surface area contributed by atoms with Gasteiger partial charge in [0.15, 0.2) is 0 Å². The molecule has 0 aliphatic carbocycles. The highest BCUT2D eigenvalue weighted by Crippen LogP contribution is 2.28. The van der Waals surface area contributed by atoms with Crippen LogP contribution in [-0.4, -0.2) is 38.2 Å². The molecule has 0 aromatic heterocycles. The van der Waals surface area contributed by atoms with Crippen LogP contribution in [0, 0.1) is 6.92 Å². The molecule has 0 atom stereocenters.